The van der Waals surface area contributed by atoms with Crippen LogP contribution < -0.4 is 5.32 Å². The summed E-state index contributed by atoms with van der Waals surface area (Å²) in [6.07, 6.45) is 4.62. The van der Waals surface area contributed by atoms with Gasteiger partial charge in [-0.2, -0.15) is 4.98 Å². The maximum atomic E-state index is 5.56. The zero-order chi connectivity index (χ0) is 14.9. The lowest BCUT2D eigenvalue weighted by atomic mass is 9.78. The molecule has 1 fully saturated rings. The van der Waals surface area contributed by atoms with E-state index in [0.29, 0.717) is 5.89 Å². The standard InChI is InChI=1S/C17H23N3O/c1-16(2,18-3)15-19-14(20-21-15)17(11-7-8-12-17)13-9-5-4-6-10-13/h4-6,9-10,18H,7-8,11-12H2,1-3H3. The highest BCUT2D eigenvalue weighted by atomic mass is 16.5. The van der Waals surface area contributed by atoms with Crippen molar-refractivity contribution in [3.05, 3.63) is 47.6 Å². The fourth-order valence-electron chi connectivity index (χ4n) is 3.16. The molecule has 1 aromatic carbocycles. The van der Waals surface area contributed by atoms with Gasteiger partial charge in [-0.15, -0.1) is 0 Å². The second-order valence-corrected chi connectivity index (χ2v) is 6.45. The van der Waals surface area contributed by atoms with Crippen LogP contribution in [0.15, 0.2) is 34.9 Å². The molecule has 3 rings (SSSR count). The number of nitrogens with zero attached hydrogens (tertiary/aromatic N) is 2. The average Bonchev–Trinajstić information content (AvgIpc) is 3.18. The van der Waals surface area contributed by atoms with Crippen molar-refractivity contribution in [2.45, 2.75) is 50.5 Å². The third-order valence-electron chi connectivity index (χ3n) is 4.80. The van der Waals surface area contributed by atoms with E-state index in [9.17, 15) is 0 Å². The van der Waals surface area contributed by atoms with E-state index in [0.717, 1.165) is 18.7 Å². The van der Waals surface area contributed by atoms with Crippen LogP contribution in [-0.4, -0.2) is 17.2 Å². The van der Waals surface area contributed by atoms with Crippen LogP contribution in [0.1, 0.15) is 56.8 Å². The topological polar surface area (TPSA) is 51.0 Å². The third-order valence-corrected chi connectivity index (χ3v) is 4.80. The van der Waals surface area contributed by atoms with E-state index in [-0.39, 0.29) is 11.0 Å². The molecule has 1 N–H and O–H groups in total. The SMILES string of the molecule is CNC(C)(C)c1nc(C2(c3ccccc3)CCCC2)no1. The molecule has 0 aliphatic heterocycles. The highest BCUT2D eigenvalue weighted by Gasteiger charge is 2.42. The zero-order valence-electron chi connectivity index (χ0n) is 13.0. The quantitative estimate of drug-likeness (QED) is 0.935. The fraction of sp³-hybridized carbons (Fsp3) is 0.529. The van der Waals surface area contributed by atoms with Crippen molar-refractivity contribution >= 4 is 0 Å². The summed E-state index contributed by atoms with van der Waals surface area (Å²) >= 11 is 0. The summed E-state index contributed by atoms with van der Waals surface area (Å²) in [5.74, 6) is 1.49. The van der Waals surface area contributed by atoms with Crippen LogP contribution in [0.4, 0.5) is 0 Å². The summed E-state index contributed by atoms with van der Waals surface area (Å²) in [6, 6.07) is 10.6. The summed E-state index contributed by atoms with van der Waals surface area (Å²) in [5.41, 5.74) is 0.922. The Balaban J connectivity index is 2.04. The molecule has 2 aromatic rings. The summed E-state index contributed by atoms with van der Waals surface area (Å²) in [7, 11) is 1.91. The van der Waals surface area contributed by atoms with Crippen molar-refractivity contribution in [3.8, 4) is 0 Å². The van der Waals surface area contributed by atoms with Gasteiger partial charge in [0.1, 0.15) is 0 Å². The second kappa shape index (κ2) is 5.26. The Kier molecular flexibility index (Phi) is 3.57. The van der Waals surface area contributed by atoms with E-state index >= 15 is 0 Å². The molecule has 0 bridgehead atoms. The predicted octanol–water partition coefficient (Wildman–Crippen LogP) is 3.38. The fourth-order valence-corrected chi connectivity index (χ4v) is 3.16. The Hall–Kier alpha value is -1.68. The van der Waals surface area contributed by atoms with Crippen molar-refractivity contribution in [1.82, 2.24) is 15.5 Å². The van der Waals surface area contributed by atoms with Crippen molar-refractivity contribution < 1.29 is 4.52 Å². The Labute approximate surface area is 126 Å². The molecule has 0 amide bonds. The number of rotatable bonds is 4. The van der Waals surface area contributed by atoms with Gasteiger partial charge in [-0.25, -0.2) is 0 Å². The smallest absolute Gasteiger partial charge is 0.246 e. The summed E-state index contributed by atoms with van der Waals surface area (Å²) in [4.78, 5) is 4.74. The Morgan fingerprint density at radius 2 is 1.81 bits per heavy atom. The molecule has 21 heavy (non-hydrogen) atoms. The van der Waals surface area contributed by atoms with Gasteiger partial charge in [0.15, 0.2) is 5.82 Å². The van der Waals surface area contributed by atoms with Gasteiger partial charge in [0.2, 0.25) is 5.89 Å². The van der Waals surface area contributed by atoms with Gasteiger partial charge >= 0.3 is 0 Å². The van der Waals surface area contributed by atoms with E-state index in [4.69, 9.17) is 9.51 Å². The van der Waals surface area contributed by atoms with Gasteiger partial charge in [0, 0.05) is 0 Å². The van der Waals surface area contributed by atoms with Crippen LogP contribution >= 0.6 is 0 Å². The molecule has 1 aliphatic rings. The van der Waals surface area contributed by atoms with Gasteiger partial charge in [-0.05, 0) is 39.3 Å². The molecule has 4 nitrogen and oxygen atoms in total. The minimum Gasteiger partial charge on any atom is -0.337 e. The predicted molar refractivity (Wildman–Crippen MR) is 82.1 cm³/mol. The summed E-state index contributed by atoms with van der Waals surface area (Å²) in [5, 5.41) is 7.55. The van der Waals surface area contributed by atoms with Crippen LogP contribution in [0.25, 0.3) is 0 Å². The highest BCUT2D eigenvalue weighted by molar-refractivity contribution is 5.34. The lowest BCUT2D eigenvalue weighted by Crippen LogP contribution is -2.34. The maximum absolute atomic E-state index is 5.56. The third kappa shape index (κ3) is 2.38. The first-order valence-electron chi connectivity index (χ1n) is 7.68. The second-order valence-electron chi connectivity index (χ2n) is 6.45. The van der Waals surface area contributed by atoms with Crippen LogP contribution in [0.2, 0.25) is 0 Å². The van der Waals surface area contributed by atoms with Crippen LogP contribution in [0.3, 0.4) is 0 Å². The van der Waals surface area contributed by atoms with Gasteiger partial charge in [0.05, 0.1) is 11.0 Å². The lowest BCUT2D eigenvalue weighted by molar-refractivity contribution is 0.277. The molecule has 4 heteroatoms. The molecule has 0 spiro atoms. The minimum absolute atomic E-state index is 0.0766. The van der Waals surface area contributed by atoms with E-state index in [1.165, 1.54) is 18.4 Å². The van der Waals surface area contributed by atoms with Crippen molar-refractivity contribution in [3.63, 3.8) is 0 Å². The minimum atomic E-state index is -0.304. The number of hydrogen-bond acceptors (Lipinski definition) is 4. The van der Waals surface area contributed by atoms with E-state index in [1.807, 2.05) is 20.9 Å². The van der Waals surface area contributed by atoms with Gasteiger partial charge in [-0.1, -0.05) is 48.3 Å². The molecule has 1 aromatic heterocycles. The van der Waals surface area contributed by atoms with E-state index < -0.39 is 0 Å². The zero-order valence-corrected chi connectivity index (χ0v) is 13.0. The van der Waals surface area contributed by atoms with Gasteiger partial charge < -0.3 is 9.84 Å². The molecule has 1 aliphatic carbocycles. The average molecular weight is 285 g/mol. The van der Waals surface area contributed by atoms with Crippen LogP contribution in [0, 0.1) is 0 Å². The summed E-state index contributed by atoms with van der Waals surface area (Å²) in [6.45, 7) is 4.10. The first-order chi connectivity index (χ1) is 10.1. The molecule has 112 valence electrons. The molecule has 1 saturated carbocycles. The first kappa shape index (κ1) is 14.3. The first-order valence-corrected chi connectivity index (χ1v) is 7.68. The van der Waals surface area contributed by atoms with E-state index in [2.05, 4.69) is 40.8 Å². The largest absolute Gasteiger partial charge is 0.337 e. The van der Waals surface area contributed by atoms with Gasteiger partial charge in [-0.3, -0.25) is 0 Å². The Bertz CT molecular complexity index is 598. The maximum Gasteiger partial charge on any atom is 0.246 e. The monoisotopic (exact) mass is 285 g/mol. The van der Waals surface area contributed by atoms with Crippen LogP contribution in [-0.2, 0) is 11.0 Å². The molecule has 0 atom stereocenters. The molecular weight excluding hydrogens is 262 g/mol. The molecule has 1 heterocycles. The van der Waals surface area contributed by atoms with Gasteiger partial charge in [0.25, 0.3) is 0 Å². The number of benzene rings is 1. The van der Waals surface area contributed by atoms with Crippen molar-refractivity contribution in [2.24, 2.45) is 0 Å². The molecule has 0 unspecified atom stereocenters. The lowest BCUT2D eigenvalue weighted by Gasteiger charge is -2.26. The van der Waals surface area contributed by atoms with Crippen LogP contribution in [0.5, 0.6) is 0 Å². The Morgan fingerprint density at radius 1 is 1.14 bits per heavy atom. The van der Waals surface area contributed by atoms with Crippen molar-refractivity contribution in [1.29, 1.82) is 0 Å². The highest BCUT2D eigenvalue weighted by Crippen LogP contribution is 2.45. The molecular formula is C17H23N3O. The van der Waals surface area contributed by atoms with Crippen molar-refractivity contribution in [2.75, 3.05) is 7.05 Å². The molecule has 0 radical (unpaired) electrons. The van der Waals surface area contributed by atoms with E-state index in [1.54, 1.807) is 0 Å². The number of hydrogen-bond donors (Lipinski definition) is 1. The molecule has 0 saturated heterocycles. The summed E-state index contributed by atoms with van der Waals surface area (Å²) < 4.78 is 5.56. The number of aromatic nitrogens is 2. The Morgan fingerprint density at radius 3 is 2.43 bits per heavy atom. The normalized spacial score (nSPS) is 18.0. The number of nitrogens with one attached hydrogen (secondary N) is 1.